The van der Waals surface area contributed by atoms with E-state index in [9.17, 15) is 4.79 Å². The molecule has 98 valence electrons. The first kappa shape index (κ1) is 13.6. The summed E-state index contributed by atoms with van der Waals surface area (Å²) in [5, 5.41) is 8.84. The van der Waals surface area contributed by atoms with Gasteiger partial charge in [0, 0.05) is 10.2 Å². The second kappa shape index (κ2) is 5.89. The highest BCUT2D eigenvalue weighted by molar-refractivity contribution is 9.10. The molecule has 3 N–H and O–H groups in total. The molecule has 0 aromatic heterocycles. The van der Waals surface area contributed by atoms with E-state index >= 15 is 0 Å². The van der Waals surface area contributed by atoms with E-state index in [2.05, 4.69) is 15.9 Å². The first-order valence-electron chi connectivity index (χ1n) is 5.88. The molecule has 19 heavy (non-hydrogen) atoms. The third-order valence-electron chi connectivity index (χ3n) is 2.94. The monoisotopic (exact) mass is 319 g/mol. The molecule has 0 bridgehead atoms. The van der Waals surface area contributed by atoms with Crippen molar-refractivity contribution in [3.05, 3.63) is 63.6 Å². The van der Waals surface area contributed by atoms with Gasteiger partial charge in [-0.25, -0.2) is 0 Å². The molecule has 0 aliphatic carbocycles. The molecule has 3 nitrogen and oxygen atoms in total. The molecule has 0 saturated carbocycles. The Morgan fingerprint density at radius 1 is 1.11 bits per heavy atom. The Kier molecular flexibility index (Phi) is 4.22. The molecule has 0 saturated heterocycles. The summed E-state index contributed by atoms with van der Waals surface area (Å²) in [7, 11) is 0. The van der Waals surface area contributed by atoms with E-state index in [1.165, 1.54) is 0 Å². The van der Waals surface area contributed by atoms with E-state index in [1.807, 2.05) is 36.4 Å². The van der Waals surface area contributed by atoms with Crippen LogP contribution in [-0.4, -0.2) is 11.1 Å². The van der Waals surface area contributed by atoms with E-state index in [0.29, 0.717) is 17.7 Å². The zero-order chi connectivity index (χ0) is 13.8. The molecule has 0 radical (unpaired) electrons. The summed E-state index contributed by atoms with van der Waals surface area (Å²) in [5.41, 5.74) is 9.38. The number of nitrogens with two attached hydrogens (primary N) is 1. The van der Waals surface area contributed by atoms with Crippen LogP contribution in [-0.2, 0) is 17.6 Å². The lowest BCUT2D eigenvalue weighted by atomic mass is 9.99. The third-order valence-corrected chi connectivity index (χ3v) is 3.46. The molecular formula is C15H14BrNO2. The van der Waals surface area contributed by atoms with Gasteiger partial charge in [0.1, 0.15) is 0 Å². The summed E-state index contributed by atoms with van der Waals surface area (Å²) in [4.78, 5) is 10.8. The predicted octanol–water partition coefficient (Wildman–Crippen LogP) is 3.25. The molecule has 0 atom stereocenters. The van der Waals surface area contributed by atoms with Crippen LogP contribution in [0.3, 0.4) is 0 Å². The molecule has 0 fully saturated rings. The maximum atomic E-state index is 10.8. The predicted molar refractivity (Wildman–Crippen MR) is 79.1 cm³/mol. The molecule has 2 rings (SSSR count). The highest BCUT2D eigenvalue weighted by Crippen LogP contribution is 2.22. The lowest BCUT2D eigenvalue weighted by molar-refractivity contribution is -0.136. The molecule has 0 spiro atoms. The van der Waals surface area contributed by atoms with Gasteiger partial charge in [-0.2, -0.15) is 0 Å². The van der Waals surface area contributed by atoms with Gasteiger partial charge in [-0.15, -0.1) is 0 Å². The van der Waals surface area contributed by atoms with Gasteiger partial charge in [0.2, 0.25) is 0 Å². The maximum absolute atomic E-state index is 10.8. The van der Waals surface area contributed by atoms with Gasteiger partial charge >= 0.3 is 5.97 Å². The van der Waals surface area contributed by atoms with Gasteiger partial charge in [-0.05, 0) is 35.2 Å². The lowest BCUT2D eigenvalue weighted by Gasteiger charge is -2.10. The van der Waals surface area contributed by atoms with Crippen LogP contribution in [0.2, 0.25) is 0 Å². The summed E-state index contributed by atoms with van der Waals surface area (Å²) in [6, 6.07) is 13.5. The topological polar surface area (TPSA) is 63.3 Å². The molecule has 0 heterocycles. The molecule has 0 amide bonds. The molecule has 0 aliphatic rings. The van der Waals surface area contributed by atoms with Gasteiger partial charge < -0.3 is 10.8 Å². The average molecular weight is 320 g/mol. The van der Waals surface area contributed by atoms with Crippen LogP contribution in [0.15, 0.2) is 46.9 Å². The fourth-order valence-electron chi connectivity index (χ4n) is 1.96. The van der Waals surface area contributed by atoms with Crippen LogP contribution < -0.4 is 5.73 Å². The molecule has 2 aromatic rings. The quantitative estimate of drug-likeness (QED) is 0.850. The van der Waals surface area contributed by atoms with Gasteiger partial charge in [0.05, 0.1) is 6.42 Å². The third kappa shape index (κ3) is 3.58. The highest BCUT2D eigenvalue weighted by atomic mass is 79.9. The zero-order valence-corrected chi connectivity index (χ0v) is 11.9. The first-order valence-corrected chi connectivity index (χ1v) is 6.68. The summed E-state index contributed by atoms with van der Waals surface area (Å²) in [5.74, 6) is -0.868. The summed E-state index contributed by atoms with van der Waals surface area (Å²) in [6.07, 6.45) is 0.659. The van der Waals surface area contributed by atoms with Crippen molar-refractivity contribution in [2.45, 2.75) is 12.8 Å². The summed E-state index contributed by atoms with van der Waals surface area (Å²) in [6.45, 7) is 0. The molecule has 0 unspecified atom stereocenters. The van der Waals surface area contributed by atoms with Crippen molar-refractivity contribution in [2.75, 3.05) is 5.73 Å². The van der Waals surface area contributed by atoms with Crippen molar-refractivity contribution < 1.29 is 9.90 Å². The van der Waals surface area contributed by atoms with Crippen LogP contribution in [0.4, 0.5) is 5.69 Å². The Morgan fingerprint density at radius 3 is 2.37 bits per heavy atom. The molecule has 0 aliphatic heterocycles. The fraction of sp³-hybridized carbons (Fsp3) is 0.133. The maximum Gasteiger partial charge on any atom is 0.307 e. The van der Waals surface area contributed by atoms with Gasteiger partial charge in [-0.1, -0.05) is 46.3 Å². The van der Waals surface area contributed by atoms with Crippen molar-refractivity contribution in [3.8, 4) is 0 Å². The number of carboxylic acid groups (broad SMARTS) is 1. The number of carboxylic acids is 1. The number of hydrogen-bond acceptors (Lipinski definition) is 2. The standard InChI is InChI=1S/C15H14BrNO2/c16-13-6-4-10(5-7-13)8-11-2-1-3-12(15(11)17)9-14(18)19/h1-7H,8-9,17H2,(H,18,19). The van der Waals surface area contributed by atoms with Crippen LogP contribution >= 0.6 is 15.9 Å². The van der Waals surface area contributed by atoms with Gasteiger partial charge in [0.25, 0.3) is 0 Å². The number of hydrogen-bond donors (Lipinski definition) is 2. The Balaban J connectivity index is 2.25. The Hall–Kier alpha value is -1.81. The second-order valence-electron chi connectivity index (χ2n) is 4.36. The van der Waals surface area contributed by atoms with Crippen molar-refractivity contribution >= 4 is 27.6 Å². The highest BCUT2D eigenvalue weighted by Gasteiger charge is 2.08. The van der Waals surface area contributed by atoms with Crippen LogP contribution in [0.25, 0.3) is 0 Å². The fourth-order valence-corrected chi connectivity index (χ4v) is 2.22. The Morgan fingerprint density at radius 2 is 1.74 bits per heavy atom. The SMILES string of the molecule is Nc1c(CC(=O)O)cccc1Cc1ccc(Br)cc1. The number of benzene rings is 2. The number of nitrogen functional groups attached to an aromatic ring is 1. The van der Waals surface area contributed by atoms with E-state index in [1.54, 1.807) is 6.07 Å². The van der Waals surface area contributed by atoms with E-state index in [4.69, 9.17) is 10.8 Å². The zero-order valence-electron chi connectivity index (χ0n) is 10.3. The minimum atomic E-state index is -0.868. The van der Waals surface area contributed by atoms with E-state index in [0.717, 1.165) is 15.6 Å². The van der Waals surface area contributed by atoms with E-state index in [-0.39, 0.29) is 6.42 Å². The number of carbonyl (C=O) groups is 1. The Bertz CT molecular complexity index is 594. The van der Waals surface area contributed by atoms with Gasteiger partial charge in [-0.3, -0.25) is 4.79 Å². The van der Waals surface area contributed by atoms with Gasteiger partial charge in [0.15, 0.2) is 0 Å². The Labute approximate surface area is 120 Å². The molecular weight excluding hydrogens is 306 g/mol. The summed E-state index contributed by atoms with van der Waals surface area (Å²) < 4.78 is 1.03. The average Bonchev–Trinajstić information content (AvgIpc) is 2.36. The first-order chi connectivity index (χ1) is 9.06. The largest absolute Gasteiger partial charge is 0.481 e. The number of anilines is 1. The number of para-hydroxylation sites is 1. The van der Waals surface area contributed by atoms with Crippen molar-refractivity contribution in [1.29, 1.82) is 0 Å². The lowest BCUT2D eigenvalue weighted by Crippen LogP contribution is -2.06. The summed E-state index contributed by atoms with van der Waals surface area (Å²) >= 11 is 3.39. The van der Waals surface area contributed by atoms with Crippen molar-refractivity contribution in [2.24, 2.45) is 0 Å². The van der Waals surface area contributed by atoms with Crippen molar-refractivity contribution in [1.82, 2.24) is 0 Å². The van der Waals surface area contributed by atoms with Crippen LogP contribution in [0, 0.1) is 0 Å². The normalized spacial score (nSPS) is 10.4. The van der Waals surface area contributed by atoms with Crippen LogP contribution in [0.1, 0.15) is 16.7 Å². The minimum absolute atomic E-state index is 0.0417. The smallest absolute Gasteiger partial charge is 0.307 e. The molecule has 2 aromatic carbocycles. The van der Waals surface area contributed by atoms with Crippen molar-refractivity contribution in [3.63, 3.8) is 0 Å². The number of halogens is 1. The minimum Gasteiger partial charge on any atom is -0.481 e. The van der Waals surface area contributed by atoms with Crippen LogP contribution in [0.5, 0.6) is 0 Å². The van der Waals surface area contributed by atoms with E-state index < -0.39 is 5.97 Å². The number of rotatable bonds is 4. The number of aliphatic carboxylic acids is 1. The molecule has 4 heteroatoms. The second-order valence-corrected chi connectivity index (χ2v) is 5.28.